The number of nitrogens with one attached hydrogen (secondary N) is 2. The number of aryl methyl sites for hydroxylation is 1. The van der Waals surface area contributed by atoms with E-state index in [1.807, 2.05) is 25.5 Å². The van der Waals surface area contributed by atoms with Crippen LogP contribution in [0.5, 0.6) is 0 Å². The van der Waals surface area contributed by atoms with Crippen LogP contribution < -0.4 is 10.6 Å². The second kappa shape index (κ2) is 8.70. The number of rotatable bonds is 8. The molecule has 0 saturated heterocycles. The van der Waals surface area contributed by atoms with E-state index in [2.05, 4.69) is 29.6 Å². The van der Waals surface area contributed by atoms with Crippen LogP contribution in [0.3, 0.4) is 0 Å². The van der Waals surface area contributed by atoms with Crippen LogP contribution in [0, 0.1) is 19.8 Å². The Kier molecular flexibility index (Phi) is 7.26. The topological polar surface area (TPSA) is 76.0 Å². The van der Waals surface area contributed by atoms with E-state index in [1.54, 1.807) is 6.92 Å². The van der Waals surface area contributed by atoms with Gasteiger partial charge in [-0.05, 0) is 45.6 Å². The maximum Gasteiger partial charge on any atom is 0.242 e. The molecule has 1 heterocycles. The summed E-state index contributed by atoms with van der Waals surface area (Å²) in [5.41, 5.74) is 3.24. The summed E-state index contributed by atoms with van der Waals surface area (Å²) in [5, 5.41) is 9.99. The molecule has 0 aromatic carbocycles. The molecule has 1 aromatic rings. The molecule has 2 N–H and O–H groups in total. The van der Waals surface area contributed by atoms with Crippen LogP contribution in [0.15, 0.2) is 0 Å². The summed E-state index contributed by atoms with van der Waals surface area (Å²) in [6, 6.07) is -0.506. The van der Waals surface area contributed by atoms with Crippen LogP contribution in [0.2, 0.25) is 0 Å². The molecular formula is C17H30N4O2. The van der Waals surface area contributed by atoms with Gasteiger partial charge in [-0.1, -0.05) is 13.8 Å². The van der Waals surface area contributed by atoms with Gasteiger partial charge in [-0.2, -0.15) is 5.10 Å². The fourth-order valence-electron chi connectivity index (χ4n) is 2.56. The summed E-state index contributed by atoms with van der Waals surface area (Å²) in [7, 11) is 0. The Bertz CT molecular complexity index is 549. The lowest BCUT2D eigenvalue weighted by molar-refractivity contribution is -0.128. The molecule has 0 aliphatic rings. The monoisotopic (exact) mass is 322 g/mol. The zero-order chi connectivity index (χ0) is 17.6. The van der Waals surface area contributed by atoms with E-state index < -0.39 is 6.04 Å². The number of amides is 2. The first kappa shape index (κ1) is 19.2. The third-order valence-corrected chi connectivity index (χ3v) is 3.79. The Morgan fingerprint density at radius 2 is 1.87 bits per heavy atom. The number of likely N-dealkylation sites (N-methyl/N-ethyl adjacent to an activating group) is 1. The molecule has 2 amide bonds. The summed E-state index contributed by atoms with van der Waals surface area (Å²) in [6.45, 7) is 13.3. The molecule has 1 rings (SSSR count). The minimum absolute atomic E-state index is 0.112. The van der Waals surface area contributed by atoms with Gasteiger partial charge in [0, 0.05) is 25.2 Å². The predicted molar refractivity (Wildman–Crippen MR) is 91.1 cm³/mol. The third-order valence-electron chi connectivity index (χ3n) is 3.79. The van der Waals surface area contributed by atoms with Crippen molar-refractivity contribution < 1.29 is 9.59 Å². The smallest absolute Gasteiger partial charge is 0.242 e. The van der Waals surface area contributed by atoms with Crippen molar-refractivity contribution in [3.8, 4) is 0 Å². The first-order valence-electron chi connectivity index (χ1n) is 8.36. The fraction of sp³-hybridized carbons (Fsp3) is 0.706. The van der Waals surface area contributed by atoms with Gasteiger partial charge >= 0.3 is 0 Å². The van der Waals surface area contributed by atoms with Gasteiger partial charge in [0.15, 0.2) is 0 Å². The van der Waals surface area contributed by atoms with Crippen LogP contribution in [0.25, 0.3) is 0 Å². The van der Waals surface area contributed by atoms with Gasteiger partial charge in [0.05, 0.1) is 5.69 Å². The van der Waals surface area contributed by atoms with Crippen LogP contribution in [-0.4, -0.2) is 34.2 Å². The van der Waals surface area contributed by atoms with Crippen molar-refractivity contribution in [1.29, 1.82) is 0 Å². The number of hydrogen-bond acceptors (Lipinski definition) is 3. The molecule has 130 valence electrons. The Balaban J connectivity index is 2.59. The second-order valence-electron chi connectivity index (χ2n) is 6.41. The van der Waals surface area contributed by atoms with Gasteiger partial charge in [-0.25, -0.2) is 0 Å². The van der Waals surface area contributed by atoms with Crippen LogP contribution in [-0.2, 0) is 22.6 Å². The molecule has 1 aromatic heterocycles. The van der Waals surface area contributed by atoms with Crippen LogP contribution >= 0.6 is 0 Å². The van der Waals surface area contributed by atoms with Gasteiger partial charge in [-0.15, -0.1) is 0 Å². The van der Waals surface area contributed by atoms with Crippen molar-refractivity contribution >= 4 is 11.8 Å². The molecule has 0 saturated carbocycles. The minimum atomic E-state index is -0.506. The van der Waals surface area contributed by atoms with Crippen molar-refractivity contribution in [3.63, 3.8) is 0 Å². The van der Waals surface area contributed by atoms with Crippen LogP contribution in [0.1, 0.15) is 51.1 Å². The van der Waals surface area contributed by atoms with Gasteiger partial charge in [-0.3, -0.25) is 14.3 Å². The van der Waals surface area contributed by atoms with Crippen molar-refractivity contribution in [2.45, 2.75) is 67.0 Å². The van der Waals surface area contributed by atoms with Gasteiger partial charge in [0.25, 0.3) is 0 Å². The average Bonchev–Trinajstić information content (AvgIpc) is 2.70. The molecule has 1 atom stereocenters. The van der Waals surface area contributed by atoms with E-state index in [9.17, 15) is 9.59 Å². The zero-order valence-electron chi connectivity index (χ0n) is 15.2. The molecule has 0 aliphatic heterocycles. The Labute approximate surface area is 139 Å². The molecular weight excluding hydrogens is 292 g/mol. The number of carbonyl (C=O) groups is 2. The summed E-state index contributed by atoms with van der Waals surface area (Å²) >= 11 is 0. The van der Waals surface area contributed by atoms with E-state index in [0.29, 0.717) is 25.3 Å². The first-order valence-corrected chi connectivity index (χ1v) is 8.36. The van der Waals surface area contributed by atoms with Crippen molar-refractivity contribution in [2.24, 2.45) is 5.92 Å². The molecule has 0 radical (unpaired) electrons. The van der Waals surface area contributed by atoms with E-state index >= 15 is 0 Å². The normalized spacial score (nSPS) is 12.3. The van der Waals surface area contributed by atoms with E-state index in [1.165, 1.54) is 0 Å². The Morgan fingerprint density at radius 1 is 1.22 bits per heavy atom. The van der Waals surface area contributed by atoms with E-state index in [4.69, 9.17) is 0 Å². The summed E-state index contributed by atoms with van der Waals surface area (Å²) in [5.74, 6) is 0.263. The average molecular weight is 322 g/mol. The summed E-state index contributed by atoms with van der Waals surface area (Å²) in [6.07, 6.45) is 1.00. The molecule has 23 heavy (non-hydrogen) atoms. The highest BCUT2D eigenvalue weighted by atomic mass is 16.2. The highest BCUT2D eigenvalue weighted by Crippen LogP contribution is 2.16. The largest absolute Gasteiger partial charge is 0.355 e. The summed E-state index contributed by atoms with van der Waals surface area (Å²) < 4.78 is 2.02. The standard InChI is InChI=1S/C17H30N4O2/c1-7-18-17(23)13(5)19-16(22)9-8-15-12(4)20-21(14(15)6)10-11(2)3/h11,13H,7-10H2,1-6H3,(H,18,23)(H,19,22)/t13-/m0/s1. The molecule has 0 spiro atoms. The van der Waals surface area contributed by atoms with E-state index in [0.717, 1.165) is 23.5 Å². The molecule has 0 aliphatic carbocycles. The number of nitrogens with zero attached hydrogens (tertiary/aromatic N) is 2. The highest BCUT2D eigenvalue weighted by molar-refractivity contribution is 5.87. The van der Waals surface area contributed by atoms with Crippen molar-refractivity contribution in [3.05, 3.63) is 17.0 Å². The highest BCUT2D eigenvalue weighted by Gasteiger charge is 2.17. The maximum atomic E-state index is 12.0. The second-order valence-corrected chi connectivity index (χ2v) is 6.41. The lowest BCUT2D eigenvalue weighted by Crippen LogP contribution is -2.44. The molecule has 6 heteroatoms. The molecule has 0 bridgehead atoms. The Morgan fingerprint density at radius 3 is 2.43 bits per heavy atom. The molecule has 0 fully saturated rings. The zero-order valence-corrected chi connectivity index (χ0v) is 15.2. The third kappa shape index (κ3) is 5.69. The van der Waals surface area contributed by atoms with Crippen LogP contribution in [0.4, 0.5) is 0 Å². The fourth-order valence-corrected chi connectivity index (χ4v) is 2.56. The Hall–Kier alpha value is -1.85. The number of aromatic nitrogens is 2. The quantitative estimate of drug-likeness (QED) is 0.765. The SMILES string of the molecule is CCNC(=O)[C@H](C)NC(=O)CCc1c(C)nn(CC(C)C)c1C. The van der Waals surface area contributed by atoms with Crippen molar-refractivity contribution in [1.82, 2.24) is 20.4 Å². The minimum Gasteiger partial charge on any atom is -0.355 e. The van der Waals surface area contributed by atoms with Gasteiger partial charge in [0.1, 0.15) is 6.04 Å². The van der Waals surface area contributed by atoms with Gasteiger partial charge in [0.2, 0.25) is 11.8 Å². The predicted octanol–water partition coefficient (Wildman–Crippen LogP) is 1.73. The number of carbonyl (C=O) groups excluding carboxylic acids is 2. The lowest BCUT2D eigenvalue weighted by atomic mass is 10.1. The first-order chi connectivity index (χ1) is 10.8. The lowest BCUT2D eigenvalue weighted by Gasteiger charge is -2.13. The molecule has 6 nitrogen and oxygen atoms in total. The van der Waals surface area contributed by atoms with Crippen molar-refractivity contribution in [2.75, 3.05) is 6.54 Å². The number of hydrogen-bond donors (Lipinski definition) is 2. The summed E-state index contributed by atoms with van der Waals surface area (Å²) in [4.78, 5) is 23.7. The van der Waals surface area contributed by atoms with E-state index in [-0.39, 0.29) is 11.8 Å². The maximum absolute atomic E-state index is 12.0. The molecule has 0 unspecified atom stereocenters. The van der Waals surface area contributed by atoms with Gasteiger partial charge < -0.3 is 10.6 Å².